The average Bonchev–Trinajstić information content (AvgIpc) is 2.92. The molecule has 0 aromatic carbocycles. The molecule has 2 atom stereocenters. The van der Waals surface area contributed by atoms with Crippen molar-refractivity contribution in [3.63, 3.8) is 0 Å². The van der Waals surface area contributed by atoms with Crippen LogP contribution in [0.25, 0.3) is 0 Å². The van der Waals surface area contributed by atoms with Gasteiger partial charge in [0.1, 0.15) is 12.4 Å². The van der Waals surface area contributed by atoms with E-state index in [0.717, 1.165) is 24.1 Å². The van der Waals surface area contributed by atoms with Crippen LogP contribution >= 0.6 is 0 Å². The second-order valence-corrected chi connectivity index (χ2v) is 6.27. The van der Waals surface area contributed by atoms with E-state index in [4.69, 9.17) is 9.47 Å². The third-order valence-electron chi connectivity index (χ3n) is 4.47. The van der Waals surface area contributed by atoms with Crippen molar-refractivity contribution in [1.82, 2.24) is 20.3 Å². The van der Waals surface area contributed by atoms with Crippen LogP contribution in [0, 0.1) is 13.8 Å². The molecule has 2 bridgehead atoms. The monoisotopic (exact) mass is 324 g/mol. The first-order chi connectivity index (χ1) is 11.7. The van der Waals surface area contributed by atoms with E-state index >= 15 is 0 Å². The molecular weight excluding hydrogens is 304 g/mol. The molecule has 6 nitrogen and oxygen atoms in total. The molecule has 0 radical (unpaired) electrons. The molecule has 0 spiro atoms. The van der Waals surface area contributed by atoms with Crippen LogP contribution in [-0.4, -0.2) is 33.1 Å². The highest BCUT2D eigenvalue weighted by Gasteiger charge is 2.31. The summed E-state index contributed by atoms with van der Waals surface area (Å²) in [5, 5.41) is 3.52. The summed E-state index contributed by atoms with van der Waals surface area (Å²) in [5.41, 5.74) is 1.62. The van der Waals surface area contributed by atoms with Gasteiger partial charge in [-0.2, -0.15) is 0 Å². The number of fused-ring (bicyclic) bond motifs is 2. The summed E-state index contributed by atoms with van der Waals surface area (Å²) in [6.45, 7) is 3.82. The summed E-state index contributed by atoms with van der Waals surface area (Å²) in [4.78, 5) is 12.8. The standard InChI is InChI=1S/C18H20N4O2/c1-11-17(23-15-8-13-5-6-14(9-15)22-13)20-10-21-18(11)24-16-4-3-7-19-12(16)2/h3-7,10,13-15,22H,8-9H2,1-2H3. The van der Waals surface area contributed by atoms with E-state index in [0.29, 0.717) is 29.6 Å². The molecule has 1 fully saturated rings. The van der Waals surface area contributed by atoms with E-state index in [2.05, 4.69) is 32.4 Å². The minimum Gasteiger partial charge on any atom is -0.474 e. The smallest absolute Gasteiger partial charge is 0.229 e. The van der Waals surface area contributed by atoms with Gasteiger partial charge in [0.05, 0.1) is 11.3 Å². The SMILES string of the molecule is Cc1ncccc1Oc1ncnc(OC2CC3C=CC(C2)N3)c1C. The topological polar surface area (TPSA) is 69.2 Å². The van der Waals surface area contributed by atoms with Gasteiger partial charge in [0.15, 0.2) is 5.75 Å². The van der Waals surface area contributed by atoms with Gasteiger partial charge in [-0.25, -0.2) is 9.97 Å². The lowest BCUT2D eigenvalue weighted by Gasteiger charge is -2.29. The normalized spacial score (nSPS) is 24.8. The molecule has 1 saturated heterocycles. The molecule has 124 valence electrons. The van der Waals surface area contributed by atoms with Crippen LogP contribution in [0.1, 0.15) is 24.1 Å². The number of ether oxygens (including phenoxy) is 2. The van der Waals surface area contributed by atoms with Gasteiger partial charge in [-0.15, -0.1) is 0 Å². The Morgan fingerprint density at radius 2 is 1.79 bits per heavy atom. The first kappa shape index (κ1) is 15.1. The van der Waals surface area contributed by atoms with Crippen LogP contribution in [0.5, 0.6) is 17.5 Å². The number of rotatable bonds is 4. The van der Waals surface area contributed by atoms with Crippen molar-refractivity contribution in [3.8, 4) is 17.5 Å². The van der Waals surface area contributed by atoms with Crippen molar-refractivity contribution >= 4 is 0 Å². The first-order valence-corrected chi connectivity index (χ1v) is 8.21. The molecule has 24 heavy (non-hydrogen) atoms. The van der Waals surface area contributed by atoms with Crippen LogP contribution in [-0.2, 0) is 0 Å². The molecule has 0 aliphatic carbocycles. The Morgan fingerprint density at radius 1 is 1.04 bits per heavy atom. The van der Waals surface area contributed by atoms with Gasteiger partial charge in [-0.1, -0.05) is 12.2 Å². The Morgan fingerprint density at radius 3 is 2.54 bits per heavy atom. The van der Waals surface area contributed by atoms with E-state index in [9.17, 15) is 0 Å². The average molecular weight is 324 g/mol. The minimum absolute atomic E-state index is 0.151. The van der Waals surface area contributed by atoms with Gasteiger partial charge in [0.2, 0.25) is 11.8 Å². The number of piperidine rings is 1. The summed E-state index contributed by atoms with van der Waals surface area (Å²) in [6.07, 6.45) is 9.72. The number of pyridine rings is 1. The van der Waals surface area contributed by atoms with Crippen LogP contribution in [0.4, 0.5) is 0 Å². The molecular formula is C18H20N4O2. The Labute approximate surface area is 141 Å². The number of nitrogens with zero attached hydrogens (tertiary/aromatic N) is 3. The zero-order valence-electron chi connectivity index (χ0n) is 13.8. The minimum atomic E-state index is 0.151. The Balaban J connectivity index is 1.52. The quantitative estimate of drug-likeness (QED) is 0.872. The van der Waals surface area contributed by atoms with Crippen molar-refractivity contribution in [2.24, 2.45) is 0 Å². The lowest BCUT2D eigenvalue weighted by Crippen LogP contribution is -2.43. The lowest BCUT2D eigenvalue weighted by atomic mass is 10.0. The van der Waals surface area contributed by atoms with Crippen molar-refractivity contribution in [2.75, 3.05) is 0 Å². The van der Waals surface area contributed by atoms with Crippen molar-refractivity contribution in [3.05, 3.63) is 48.1 Å². The predicted molar refractivity (Wildman–Crippen MR) is 89.3 cm³/mol. The largest absolute Gasteiger partial charge is 0.474 e. The van der Waals surface area contributed by atoms with Crippen LogP contribution in [0.15, 0.2) is 36.8 Å². The molecule has 0 saturated carbocycles. The molecule has 4 rings (SSSR count). The Bertz CT molecular complexity index is 763. The molecule has 2 unspecified atom stereocenters. The molecule has 4 heterocycles. The molecule has 2 aliphatic rings. The molecule has 2 aromatic heterocycles. The zero-order chi connectivity index (χ0) is 16.5. The van der Waals surface area contributed by atoms with Crippen molar-refractivity contribution < 1.29 is 9.47 Å². The van der Waals surface area contributed by atoms with E-state index in [1.54, 1.807) is 6.20 Å². The number of nitrogens with one attached hydrogen (secondary N) is 1. The van der Waals surface area contributed by atoms with E-state index in [1.165, 1.54) is 6.33 Å². The lowest BCUT2D eigenvalue weighted by molar-refractivity contribution is 0.135. The fourth-order valence-corrected chi connectivity index (χ4v) is 3.19. The van der Waals surface area contributed by atoms with Crippen molar-refractivity contribution in [1.29, 1.82) is 0 Å². The van der Waals surface area contributed by atoms with Gasteiger partial charge >= 0.3 is 0 Å². The third-order valence-corrected chi connectivity index (χ3v) is 4.47. The predicted octanol–water partition coefficient (Wildman–Crippen LogP) is 2.72. The highest BCUT2D eigenvalue weighted by atomic mass is 16.5. The molecule has 2 aromatic rings. The fraction of sp³-hybridized carbons (Fsp3) is 0.389. The highest BCUT2D eigenvalue weighted by molar-refractivity contribution is 5.37. The number of hydrogen-bond acceptors (Lipinski definition) is 6. The summed E-state index contributed by atoms with van der Waals surface area (Å²) in [7, 11) is 0. The van der Waals surface area contributed by atoms with Gasteiger partial charge < -0.3 is 14.8 Å². The summed E-state index contributed by atoms with van der Waals surface area (Å²) < 4.78 is 12.1. The van der Waals surface area contributed by atoms with Crippen LogP contribution < -0.4 is 14.8 Å². The maximum Gasteiger partial charge on any atom is 0.229 e. The molecule has 1 N–H and O–H groups in total. The Hall–Kier alpha value is -2.47. The summed E-state index contributed by atoms with van der Waals surface area (Å²) >= 11 is 0. The van der Waals surface area contributed by atoms with E-state index in [-0.39, 0.29) is 6.10 Å². The summed E-state index contributed by atoms with van der Waals surface area (Å²) in [6, 6.07) is 4.53. The summed E-state index contributed by atoms with van der Waals surface area (Å²) in [5.74, 6) is 1.79. The van der Waals surface area contributed by atoms with Gasteiger partial charge in [-0.3, -0.25) is 4.98 Å². The van der Waals surface area contributed by atoms with Crippen LogP contribution in [0.2, 0.25) is 0 Å². The molecule has 6 heteroatoms. The molecule has 2 aliphatic heterocycles. The van der Waals surface area contributed by atoms with Crippen LogP contribution in [0.3, 0.4) is 0 Å². The van der Waals surface area contributed by atoms with Gasteiger partial charge in [0.25, 0.3) is 0 Å². The number of aryl methyl sites for hydroxylation is 1. The fourth-order valence-electron chi connectivity index (χ4n) is 3.19. The number of hydrogen-bond donors (Lipinski definition) is 1. The zero-order valence-corrected chi connectivity index (χ0v) is 13.8. The first-order valence-electron chi connectivity index (χ1n) is 8.21. The second-order valence-electron chi connectivity index (χ2n) is 6.27. The Kier molecular flexibility index (Phi) is 3.90. The van der Waals surface area contributed by atoms with Gasteiger partial charge in [-0.05, 0) is 26.0 Å². The number of aromatic nitrogens is 3. The highest BCUT2D eigenvalue weighted by Crippen LogP contribution is 2.31. The maximum atomic E-state index is 6.15. The van der Waals surface area contributed by atoms with Crippen molar-refractivity contribution in [2.45, 2.75) is 44.9 Å². The maximum absolute atomic E-state index is 6.15. The second kappa shape index (κ2) is 6.20. The molecule has 0 amide bonds. The van der Waals surface area contributed by atoms with Gasteiger partial charge in [0, 0.05) is 31.1 Å². The third kappa shape index (κ3) is 2.97. The van der Waals surface area contributed by atoms with E-state index in [1.807, 2.05) is 26.0 Å². The van der Waals surface area contributed by atoms with E-state index < -0.39 is 0 Å².